The van der Waals surface area contributed by atoms with E-state index in [0.29, 0.717) is 6.42 Å². The largest absolute Gasteiger partial charge is 0.465 e. The smallest absolute Gasteiger partial charge is 0.405 e. The Morgan fingerprint density at radius 2 is 1.74 bits per heavy atom. The van der Waals surface area contributed by atoms with Gasteiger partial charge in [-0.3, -0.25) is 4.79 Å². The van der Waals surface area contributed by atoms with Gasteiger partial charge in [-0.05, 0) is 54.0 Å². The molecular weight excluding hydrogens is 347 g/mol. The molecule has 0 saturated heterocycles. The minimum Gasteiger partial charge on any atom is -0.465 e. The monoisotopic (exact) mass is 368 g/mol. The molecule has 1 fully saturated rings. The number of carbonyl (C=O) groups excluding carboxylic acids is 1. The zero-order valence-corrected chi connectivity index (χ0v) is 14.7. The Morgan fingerprint density at radius 3 is 2.41 bits per heavy atom. The molecular formula is C21H21FN2O3. The summed E-state index contributed by atoms with van der Waals surface area (Å²) in [7, 11) is 0. The molecule has 0 bridgehead atoms. The zero-order chi connectivity index (χ0) is 19.0. The first-order valence-corrected chi connectivity index (χ1v) is 9.16. The van der Waals surface area contributed by atoms with E-state index in [2.05, 4.69) is 10.6 Å². The summed E-state index contributed by atoms with van der Waals surface area (Å²) in [5.74, 6) is -0.533. The van der Waals surface area contributed by atoms with Gasteiger partial charge < -0.3 is 15.7 Å². The topological polar surface area (TPSA) is 78.4 Å². The van der Waals surface area contributed by atoms with Gasteiger partial charge in [-0.2, -0.15) is 0 Å². The lowest BCUT2D eigenvalue weighted by molar-refractivity contribution is -0.123. The van der Waals surface area contributed by atoms with Crippen molar-refractivity contribution < 1.29 is 19.1 Å². The summed E-state index contributed by atoms with van der Waals surface area (Å²) in [6.07, 6.45) is 1.40. The standard InChI is InChI=1S/C21H21FN2O3/c22-15-9-7-13(8-10-15)18(12-5-6-12)20(25)23-17-11-14-3-1-2-4-16(14)19(17)24-21(26)27/h1-4,7-10,12,17-19,24H,5-6,11H2,(H,23,25)(H,26,27)/t17-,18?,19-/m0/s1. The summed E-state index contributed by atoms with van der Waals surface area (Å²) >= 11 is 0. The number of carbonyl (C=O) groups is 2. The van der Waals surface area contributed by atoms with Crippen LogP contribution in [0.15, 0.2) is 48.5 Å². The van der Waals surface area contributed by atoms with Gasteiger partial charge in [-0.25, -0.2) is 9.18 Å². The first kappa shape index (κ1) is 17.5. The fraction of sp³-hybridized carbons (Fsp3) is 0.333. The Kier molecular flexibility index (Phi) is 4.56. The van der Waals surface area contributed by atoms with Crippen LogP contribution in [-0.4, -0.2) is 23.1 Å². The maximum absolute atomic E-state index is 13.3. The number of halogens is 1. The van der Waals surface area contributed by atoms with Gasteiger partial charge in [-0.1, -0.05) is 36.4 Å². The number of hydrogen-bond acceptors (Lipinski definition) is 2. The highest BCUT2D eigenvalue weighted by Crippen LogP contribution is 2.43. The van der Waals surface area contributed by atoms with Crippen LogP contribution in [0.5, 0.6) is 0 Å². The van der Waals surface area contributed by atoms with Crippen LogP contribution in [0.2, 0.25) is 0 Å². The number of fused-ring (bicyclic) bond motifs is 1. The number of rotatable bonds is 5. The lowest BCUT2D eigenvalue weighted by Crippen LogP contribution is -2.45. The van der Waals surface area contributed by atoms with Crippen molar-refractivity contribution in [3.63, 3.8) is 0 Å². The maximum Gasteiger partial charge on any atom is 0.405 e. The van der Waals surface area contributed by atoms with Gasteiger partial charge in [0.1, 0.15) is 5.82 Å². The molecule has 140 valence electrons. The average molecular weight is 368 g/mol. The molecule has 1 saturated carbocycles. The van der Waals surface area contributed by atoms with Crippen LogP contribution in [0.25, 0.3) is 0 Å². The molecule has 2 aliphatic carbocycles. The second kappa shape index (κ2) is 7.02. The number of amides is 2. The first-order chi connectivity index (χ1) is 13.0. The molecule has 4 rings (SSSR count). The normalized spacial score (nSPS) is 22.0. The molecule has 3 atom stereocenters. The summed E-state index contributed by atoms with van der Waals surface area (Å²) in [4.78, 5) is 24.3. The summed E-state index contributed by atoms with van der Waals surface area (Å²) in [6.45, 7) is 0. The third-order valence-electron chi connectivity index (χ3n) is 5.44. The van der Waals surface area contributed by atoms with Crippen molar-refractivity contribution in [2.24, 2.45) is 5.92 Å². The van der Waals surface area contributed by atoms with E-state index in [0.717, 1.165) is 29.5 Å². The van der Waals surface area contributed by atoms with Crippen LogP contribution in [0.4, 0.5) is 9.18 Å². The molecule has 2 amide bonds. The number of nitrogens with one attached hydrogen (secondary N) is 2. The van der Waals surface area contributed by atoms with Gasteiger partial charge in [0.05, 0.1) is 18.0 Å². The van der Waals surface area contributed by atoms with Gasteiger partial charge in [-0.15, -0.1) is 0 Å². The third-order valence-corrected chi connectivity index (χ3v) is 5.44. The third kappa shape index (κ3) is 3.65. The van der Waals surface area contributed by atoms with E-state index in [-0.39, 0.29) is 29.6 Å². The number of hydrogen-bond donors (Lipinski definition) is 3. The van der Waals surface area contributed by atoms with Crippen molar-refractivity contribution in [1.82, 2.24) is 10.6 Å². The Morgan fingerprint density at radius 1 is 1.04 bits per heavy atom. The molecule has 2 aliphatic rings. The molecule has 0 aromatic heterocycles. The maximum atomic E-state index is 13.3. The Bertz CT molecular complexity index is 864. The van der Waals surface area contributed by atoms with Gasteiger partial charge in [0, 0.05) is 0 Å². The molecule has 2 aromatic rings. The minimum absolute atomic E-state index is 0.126. The molecule has 0 aliphatic heterocycles. The van der Waals surface area contributed by atoms with Crippen LogP contribution in [-0.2, 0) is 11.2 Å². The molecule has 3 N–H and O–H groups in total. The fourth-order valence-corrected chi connectivity index (χ4v) is 4.05. The van der Waals surface area contributed by atoms with Crippen LogP contribution in [0, 0.1) is 11.7 Å². The highest BCUT2D eigenvalue weighted by Gasteiger charge is 2.40. The Labute approximate surface area is 156 Å². The highest BCUT2D eigenvalue weighted by atomic mass is 19.1. The molecule has 5 nitrogen and oxygen atoms in total. The average Bonchev–Trinajstić information content (AvgIpc) is 3.41. The molecule has 27 heavy (non-hydrogen) atoms. The quantitative estimate of drug-likeness (QED) is 0.757. The van der Waals surface area contributed by atoms with Crippen molar-refractivity contribution in [2.75, 3.05) is 0 Å². The molecule has 1 unspecified atom stereocenters. The van der Waals surface area contributed by atoms with Crippen molar-refractivity contribution in [3.8, 4) is 0 Å². The van der Waals surface area contributed by atoms with Gasteiger partial charge in [0.2, 0.25) is 5.91 Å². The van der Waals surface area contributed by atoms with Gasteiger partial charge in [0.25, 0.3) is 0 Å². The van der Waals surface area contributed by atoms with E-state index < -0.39 is 12.1 Å². The molecule has 6 heteroatoms. The van der Waals surface area contributed by atoms with Crippen molar-refractivity contribution >= 4 is 12.0 Å². The summed E-state index contributed by atoms with van der Waals surface area (Å²) < 4.78 is 13.3. The predicted molar refractivity (Wildman–Crippen MR) is 97.8 cm³/mol. The van der Waals surface area contributed by atoms with E-state index in [4.69, 9.17) is 0 Å². The van der Waals surface area contributed by atoms with E-state index in [9.17, 15) is 19.1 Å². The fourth-order valence-electron chi connectivity index (χ4n) is 4.05. The highest BCUT2D eigenvalue weighted by molar-refractivity contribution is 5.85. The minimum atomic E-state index is -1.12. The lowest BCUT2D eigenvalue weighted by atomic mass is 9.92. The number of benzene rings is 2. The van der Waals surface area contributed by atoms with Crippen molar-refractivity contribution in [1.29, 1.82) is 0 Å². The van der Waals surface area contributed by atoms with Crippen molar-refractivity contribution in [2.45, 2.75) is 37.3 Å². The van der Waals surface area contributed by atoms with E-state index >= 15 is 0 Å². The Hall–Kier alpha value is -2.89. The molecule has 0 heterocycles. The summed E-state index contributed by atoms with van der Waals surface area (Å²) in [5.41, 5.74) is 2.73. The Balaban J connectivity index is 1.55. The second-order valence-corrected chi connectivity index (χ2v) is 7.31. The van der Waals surface area contributed by atoms with Crippen LogP contribution in [0.1, 0.15) is 41.5 Å². The zero-order valence-electron chi connectivity index (χ0n) is 14.7. The van der Waals surface area contributed by atoms with Crippen LogP contribution in [0.3, 0.4) is 0 Å². The van der Waals surface area contributed by atoms with Crippen LogP contribution >= 0.6 is 0 Å². The second-order valence-electron chi connectivity index (χ2n) is 7.31. The first-order valence-electron chi connectivity index (χ1n) is 9.16. The molecule has 2 aromatic carbocycles. The van der Waals surface area contributed by atoms with Gasteiger partial charge in [0.15, 0.2) is 0 Å². The van der Waals surface area contributed by atoms with E-state index in [1.807, 2.05) is 24.3 Å². The SMILES string of the molecule is O=C(O)N[C@H]1c2ccccc2C[C@@H]1NC(=O)C(c1ccc(F)cc1)C1CC1. The van der Waals surface area contributed by atoms with Gasteiger partial charge >= 0.3 is 6.09 Å². The van der Waals surface area contributed by atoms with E-state index in [1.165, 1.54) is 12.1 Å². The lowest BCUT2D eigenvalue weighted by Gasteiger charge is -2.25. The van der Waals surface area contributed by atoms with Crippen LogP contribution < -0.4 is 10.6 Å². The van der Waals surface area contributed by atoms with Crippen molar-refractivity contribution in [3.05, 3.63) is 71.0 Å². The molecule has 0 spiro atoms. The molecule has 0 radical (unpaired) electrons. The predicted octanol–water partition coefficient (Wildman–Crippen LogP) is 3.37. The van der Waals surface area contributed by atoms with E-state index in [1.54, 1.807) is 12.1 Å². The summed E-state index contributed by atoms with van der Waals surface area (Å²) in [6, 6.07) is 12.9. The number of carboxylic acid groups (broad SMARTS) is 1. The summed E-state index contributed by atoms with van der Waals surface area (Å²) in [5, 5.41) is 14.8.